The van der Waals surface area contributed by atoms with Gasteiger partial charge in [-0.25, -0.2) is 0 Å². The van der Waals surface area contributed by atoms with Crippen LogP contribution in [0.4, 0.5) is 0 Å². The molecule has 0 aromatic heterocycles. The zero-order valence-corrected chi connectivity index (χ0v) is 12.3. The minimum atomic E-state index is -0.839. The average Bonchev–Trinajstić information content (AvgIpc) is 2.37. The van der Waals surface area contributed by atoms with Crippen LogP contribution in [0.1, 0.15) is 25.5 Å². The molecule has 102 valence electrons. The van der Waals surface area contributed by atoms with E-state index in [4.69, 9.17) is 5.73 Å². The molecule has 0 amide bonds. The Morgan fingerprint density at radius 3 is 2.42 bits per heavy atom. The van der Waals surface area contributed by atoms with Crippen LogP contribution in [0, 0.1) is 5.92 Å². The van der Waals surface area contributed by atoms with Gasteiger partial charge in [-0.2, -0.15) is 0 Å². The van der Waals surface area contributed by atoms with Gasteiger partial charge in [0.05, 0.1) is 0 Å². The number of nitrogens with two attached hydrogens (primary N) is 1. The zero-order valence-electron chi connectivity index (χ0n) is 11.5. The molecule has 2 atom stereocenters. The molecule has 2 N–H and O–H groups in total. The molecule has 2 unspecified atom stereocenters. The van der Waals surface area contributed by atoms with Gasteiger partial charge >= 0.3 is 0 Å². The van der Waals surface area contributed by atoms with E-state index >= 15 is 0 Å². The first-order chi connectivity index (χ1) is 9.06. The number of hydrogen-bond donors (Lipinski definition) is 1. The van der Waals surface area contributed by atoms with Crippen molar-refractivity contribution in [2.45, 2.75) is 19.9 Å². The first kappa shape index (κ1) is 14.2. The van der Waals surface area contributed by atoms with Gasteiger partial charge in [-0.15, -0.1) is 0 Å². The highest BCUT2D eigenvalue weighted by Crippen LogP contribution is 2.20. The molecule has 0 saturated heterocycles. The summed E-state index contributed by atoms with van der Waals surface area (Å²) in [5, 5.41) is 2.40. The maximum absolute atomic E-state index is 11.9. The van der Waals surface area contributed by atoms with E-state index in [1.807, 2.05) is 18.2 Å². The Balaban J connectivity index is 2.12. The Bertz CT molecular complexity index is 580. The predicted molar refractivity (Wildman–Crippen MR) is 83.6 cm³/mol. The molecule has 2 aromatic carbocycles. The predicted octanol–water partition coefficient (Wildman–Crippen LogP) is 3.24. The topological polar surface area (TPSA) is 43.1 Å². The van der Waals surface area contributed by atoms with E-state index in [1.165, 1.54) is 10.8 Å². The minimum absolute atomic E-state index is 0.149. The molecule has 2 rings (SSSR count). The molecular weight excluding hydrogens is 254 g/mol. The van der Waals surface area contributed by atoms with Crippen LogP contribution in [0.3, 0.4) is 0 Å². The fourth-order valence-corrected chi connectivity index (χ4v) is 3.65. The fourth-order valence-electron chi connectivity index (χ4n) is 2.17. The maximum atomic E-state index is 11.9. The summed E-state index contributed by atoms with van der Waals surface area (Å²) in [7, 11) is -0.839. The second-order valence-corrected chi connectivity index (χ2v) is 6.93. The van der Waals surface area contributed by atoms with Gasteiger partial charge in [0.2, 0.25) is 0 Å². The van der Waals surface area contributed by atoms with Gasteiger partial charge in [0.1, 0.15) is 0 Å². The first-order valence-corrected chi connectivity index (χ1v) is 8.14. The van der Waals surface area contributed by atoms with E-state index in [2.05, 4.69) is 38.1 Å². The van der Waals surface area contributed by atoms with Gasteiger partial charge in [0.25, 0.3) is 0 Å². The Hall–Kier alpha value is -1.19. The van der Waals surface area contributed by atoms with Gasteiger partial charge in [-0.1, -0.05) is 50.2 Å². The van der Waals surface area contributed by atoms with Crippen molar-refractivity contribution in [2.24, 2.45) is 11.7 Å². The molecular formula is C16H21NOS. The van der Waals surface area contributed by atoms with Gasteiger partial charge in [-0.3, -0.25) is 4.21 Å². The summed E-state index contributed by atoms with van der Waals surface area (Å²) < 4.78 is 11.9. The van der Waals surface area contributed by atoms with Crippen LogP contribution >= 0.6 is 0 Å². The highest BCUT2D eigenvalue weighted by atomic mass is 32.2. The smallest absolute Gasteiger partial charge is 0.0428 e. The lowest BCUT2D eigenvalue weighted by atomic mass is 10.0. The summed E-state index contributed by atoms with van der Waals surface area (Å²) >= 11 is 0. The average molecular weight is 275 g/mol. The van der Waals surface area contributed by atoms with E-state index in [0.29, 0.717) is 11.7 Å². The molecule has 0 saturated carbocycles. The molecule has 0 heterocycles. The Kier molecular flexibility index (Phi) is 4.72. The lowest BCUT2D eigenvalue weighted by Gasteiger charge is -2.13. The molecule has 0 radical (unpaired) electrons. The fraction of sp³-hybridized carbons (Fsp3) is 0.375. The summed E-state index contributed by atoms with van der Waals surface area (Å²) in [5.41, 5.74) is 7.24. The van der Waals surface area contributed by atoms with Crippen LogP contribution in [-0.2, 0) is 10.8 Å². The number of rotatable bonds is 5. The molecule has 19 heavy (non-hydrogen) atoms. The third kappa shape index (κ3) is 3.88. The van der Waals surface area contributed by atoms with E-state index in [-0.39, 0.29) is 6.04 Å². The molecule has 2 nitrogen and oxygen atoms in total. The van der Waals surface area contributed by atoms with Crippen LogP contribution < -0.4 is 5.73 Å². The number of fused-ring (bicyclic) bond motifs is 1. The first-order valence-electron chi connectivity index (χ1n) is 6.65. The van der Waals surface area contributed by atoms with E-state index in [0.717, 1.165) is 11.3 Å². The quantitative estimate of drug-likeness (QED) is 0.910. The van der Waals surface area contributed by atoms with Gasteiger partial charge in [-0.05, 0) is 28.3 Å². The van der Waals surface area contributed by atoms with Gasteiger partial charge in [0.15, 0.2) is 0 Å². The standard InChI is InChI=1S/C16H21NOS/c1-12(2)10-19(18)11-16(17)15-8-7-13-5-3-4-6-14(13)9-15/h3-9,12,16H,10-11,17H2,1-2H3. The highest BCUT2D eigenvalue weighted by Gasteiger charge is 2.12. The highest BCUT2D eigenvalue weighted by molar-refractivity contribution is 7.85. The SMILES string of the molecule is CC(C)CS(=O)CC(N)c1ccc2ccccc2c1. The lowest BCUT2D eigenvalue weighted by molar-refractivity contribution is 0.657. The number of hydrogen-bond acceptors (Lipinski definition) is 2. The lowest BCUT2D eigenvalue weighted by Crippen LogP contribution is -2.21. The van der Waals surface area contributed by atoms with Crippen molar-refractivity contribution in [1.82, 2.24) is 0 Å². The van der Waals surface area contributed by atoms with Crippen molar-refractivity contribution < 1.29 is 4.21 Å². The van der Waals surface area contributed by atoms with Crippen molar-refractivity contribution in [3.8, 4) is 0 Å². The van der Waals surface area contributed by atoms with Crippen LogP contribution in [-0.4, -0.2) is 15.7 Å². The van der Waals surface area contributed by atoms with Crippen molar-refractivity contribution >= 4 is 21.6 Å². The normalized spacial score (nSPS) is 14.7. The molecule has 3 heteroatoms. The van der Waals surface area contributed by atoms with E-state index in [9.17, 15) is 4.21 Å². The van der Waals surface area contributed by atoms with Crippen LogP contribution in [0.5, 0.6) is 0 Å². The second kappa shape index (κ2) is 6.31. The van der Waals surface area contributed by atoms with Crippen molar-refractivity contribution in [1.29, 1.82) is 0 Å². The van der Waals surface area contributed by atoms with Crippen LogP contribution in [0.2, 0.25) is 0 Å². The molecule has 0 spiro atoms. The second-order valence-electron chi connectivity index (χ2n) is 5.38. The zero-order chi connectivity index (χ0) is 13.8. The summed E-state index contributed by atoms with van der Waals surface area (Å²) in [6, 6.07) is 14.3. The maximum Gasteiger partial charge on any atom is 0.0428 e. The summed E-state index contributed by atoms with van der Waals surface area (Å²) in [4.78, 5) is 0. The molecule has 0 aliphatic rings. The molecule has 0 bridgehead atoms. The summed E-state index contributed by atoms with van der Waals surface area (Å²) in [6.45, 7) is 4.17. The molecule has 0 aliphatic carbocycles. The Labute approximate surface area is 117 Å². The van der Waals surface area contributed by atoms with Gasteiger partial charge in [0, 0.05) is 28.3 Å². The van der Waals surface area contributed by atoms with Crippen molar-refractivity contribution in [2.75, 3.05) is 11.5 Å². The molecule has 0 aliphatic heterocycles. The summed E-state index contributed by atoms with van der Waals surface area (Å²) in [6.07, 6.45) is 0. The van der Waals surface area contributed by atoms with Crippen molar-refractivity contribution in [3.05, 3.63) is 48.0 Å². The van der Waals surface area contributed by atoms with Crippen molar-refractivity contribution in [3.63, 3.8) is 0 Å². The number of benzene rings is 2. The molecule has 2 aromatic rings. The largest absolute Gasteiger partial charge is 0.323 e. The summed E-state index contributed by atoms with van der Waals surface area (Å²) in [5.74, 6) is 1.71. The van der Waals surface area contributed by atoms with E-state index < -0.39 is 10.8 Å². The van der Waals surface area contributed by atoms with E-state index in [1.54, 1.807) is 0 Å². The minimum Gasteiger partial charge on any atom is -0.323 e. The van der Waals surface area contributed by atoms with Crippen LogP contribution in [0.15, 0.2) is 42.5 Å². The Morgan fingerprint density at radius 1 is 1.05 bits per heavy atom. The van der Waals surface area contributed by atoms with Crippen LogP contribution in [0.25, 0.3) is 10.8 Å². The van der Waals surface area contributed by atoms with Gasteiger partial charge < -0.3 is 5.73 Å². The monoisotopic (exact) mass is 275 g/mol. The third-order valence-corrected chi connectivity index (χ3v) is 4.86. The third-order valence-electron chi connectivity index (χ3n) is 3.09. The Morgan fingerprint density at radius 2 is 1.74 bits per heavy atom. The molecule has 0 fully saturated rings.